The average molecular weight is 232 g/mol. The Morgan fingerprint density at radius 1 is 1.24 bits per heavy atom. The molecule has 0 radical (unpaired) electrons. The second-order valence-electron chi connectivity index (χ2n) is 4.44. The maximum Gasteiger partial charge on any atom is 0.225 e. The first-order valence-electron chi connectivity index (χ1n) is 6.03. The number of ether oxygens (including phenoxy) is 2. The zero-order valence-corrected chi connectivity index (χ0v) is 10.2. The fourth-order valence-corrected chi connectivity index (χ4v) is 2.28. The van der Waals surface area contributed by atoms with E-state index < -0.39 is 5.79 Å². The van der Waals surface area contributed by atoms with Crippen molar-refractivity contribution in [2.75, 3.05) is 13.2 Å². The van der Waals surface area contributed by atoms with E-state index in [1.165, 1.54) is 5.56 Å². The van der Waals surface area contributed by atoms with Gasteiger partial charge in [-0.25, -0.2) is 0 Å². The summed E-state index contributed by atoms with van der Waals surface area (Å²) in [5, 5.41) is 1.11. The zero-order chi connectivity index (χ0) is 11.9. The molecule has 3 nitrogen and oxygen atoms in total. The Morgan fingerprint density at radius 3 is 2.71 bits per heavy atom. The number of fused-ring (bicyclic) bond motifs is 1. The minimum atomic E-state index is -0.718. The third-order valence-corrected chi connectivity index (χ3v) is 3.29. The molecule has 90 valence electrons. The molecule has 1 aliphatic heterocycles. The van der Waals surface area contributed by atoms with Crippen molar-refractivity contribution < 1.29 is 13.9 Å². The second kappa shape index (κ2) is 3.86. The Labute approximate surface area is 100 Å². The van der Waals surface area contributed by atoms with Crippen LogP contribution in [0.3, 0.4) is 0 Å². The highest BCUT2D eigenvalue weighted by molar-refractivity contribution is 5.81. The lowest BCUT2D eigenvalue weighted by molar-refractivity contribution is -0.162. The quantitative estimate of drug-likeness (QED) is 0.796. The molecule has 0 atom stereocenters. The molecule has 0 aliphatic carbocycles. The van der Waals surface area contributed by atoms with Crippen LogP contribution in [0.25, 0.3) is 11.0 Å². The smallest absolute Gasteiger partial charge is 0.225 e. The Balaban J connectivity index is 2.13. The van der Waals surface area contributed by atoms with Gasteiger partial charge in [0.05, 0.1) is 13.2 Å². The van der Waals surface area contributed by atoms with E-state index in [1.807, 2.05) is 13.0 Å². The number of benzene rings is 1. The lowest BCUT2D eigenvalue weighted by Crippen LogP contribution is -2.21. The summed E-state index contributed by atoms with van der Waals surface area (Å²) in [5.41, 5.74) is 2.17. The largest absolute Gasteiger partial charge is 0.455 e. The van der Waals surface area contributed by atoms with Crippen LogP contribution in [0, 0.1) is 0 Å². The van der Waals surface area contributed by atoms with Gasteiger partial charge < -0.3 is 13.9 Å². The fourth-order valence-electron chi connectivity index (χ4n) is 2.28. The first-order chi connectivity index (χ1) is 8.23. The van der Waals surface area contributed by atoms with Crippen LogP contribution in [-0.4, -0.2) is 13.2 Å². The number of rotatable bonds is 2. The molecule has 1 aliphatic rings. The summed E-state index contributed by atoms with van der Waals surface area (Å²) < 4.78 is 17.2. The first kappa shape index (κ1) is 10.8. The number of hydrogen-bond donors (Lipinski definition) is 0. The molecule has 0 amide bonds. The van der Waals surface area contributed by atoms with Crippen molar-refractivity contribution in [1.29, 1.82) is 0 Å². The number of furan rings is 1. The lowest BCUT2D eigenvalue weighted by atomic mass is 10.1. The highest BCUT2D eigenvalue weighted by atomic mass is 16.7. The summed E-state index contributed by atoms with van der Waals surface area (Å²) in [6.07, 6.45) is 0.961. The van der Waals surface area contributed by atoms with Crippen LogP contribution >= 0.6 is 0 Å². The zero-order valence-electron chi connectivity index (χ0n) is 10.2. The highest BCUT2D eigenvalue weighted by Crippen LogP contribution is 2.35. The molecule has 1 fully saturated rings. The van der Waals surface area contributed by atoms with Crippen LogP contribution < -0.4 is 0 Å². The van der Waals surface area contributed by atoms with Gasteiger partial charge in [-0.1, -0.05) is 25.1 Å². The van der Waals surface area contributed by atoms with Crippen LogP contribution in [0.1, 0.15) is 25.2 Å². The minimum absolute atomic E-state index is 0.619. The van der Waals surface area contributed by atoms with E-state index in [0.717, 1.165) is 23.2 Å². The van der Waals surface area contributed by atoms with Crippen molar-refractivity contribution in [3.63, 3.8) is 0 Å². The third kappa shape index (κ3) is 1.66. The van der Waals surface area contributed by atoms with E-state index in [9.17, 15) is 0 Å². The molecular weight excluding hydrogens is 216 g/mol. The first-order valence-corrected chi connectivity index (χ1v) is 6.03. The average Bonchev–Trinajstić information content (AvgIpc) is 2.95. The maximum absolute atomic E-state index is 5.93. The van der Waals surface area contributed by atoms with Gasteiger partial charge in [0.15, 0.2) is 5.76 Å². The molecule has 3 heteroatoms. The van der Waals surface area contributed by atoms with Gasteiger partial charge in [0.25, 0.3) is 0 Å². The summed E-state index contributed by atoms with van der Waals surface area (Å²) in [5.74, 6) is 0.0372. The second-order valence-corrected chi connectivity index (χ2v) is 4.44. The Kier molecular flexibility index (Phi) is 2.45. The molecule has 0 spiro atoms. The minimum Gasteiger partial charge on any atom is -0.455 e. The van der Waals surface area contributed by atoms with Crippen LogP contribution in [0.2, 0.25) is 0 Å². The van der Waals surface area contributed by atoms with Crippen molar-refractivity contribution in [2.24, 2.45) is 0 Å². The van der Waals surface area contributed by atoms with E-state index in [1.54, 1.807) is 0 Å². The van der Waals surface area contributed by atoms with E-state index in [2.05, 4.69) is 25.1 Å². The summed E-state index contributed by atoms with van der Waals surface area (Å²) in [4.78, 5) is 0. The van der Waals surface area contributed by atoms with Gasteiger partial charge in [0.2, 0.25) is 5.79 Å². The predicted molar refractivity (Wildman–Crippen MR) is 64.8 cm³/mol. The lowest BCUT2D eigenvalue weighted by Gasteiger charge is -2.18. The SMILES string of the molecule is CCc1cccc2cc(C3(C)OCCO3)oc12. The normalized spacial score (nSPS) is 18.9. The van der Waals surface area contributed by atoms with E-state index in [4.69, 9.17) is 13.9 Å². The van der Waals surface area contributed by atoms with Gasteiger partial charge in [0, 0.05) is 5.39 Å². The molecule has 0 saturated carbocycles. The number of hydrogen-bond acceptors (Lipinski definition) is 3. The molecular formula is C14H16O3. The molecule has 0 N–H and O–H groups in total. The Hall–Kier alpha value is -1.32. The van der Waals surface area contributed by atoms with Crippen LogP contribution in [-0.2, 0) is 21.7 Å². The van der Waals surface area contributed by atoms with E-state index >= 15 is 0 Å². The highest BCUT2D eigenvalue weighted by Gasteiger charge is 2.36. The fraction of sp³-hybridized carbons (Fsp3) is 0.429. The summed E-state index contributed by atoms with van der Waals surface area (Å²) in [7, 11) is 0. The van der Waals surface area contributed by atoms with Crippen molar-refractivity contribution >= 4 is 11.0 Å². The topological polar surface area (TPSA) is 31.6 Å². The van der Waals surface area contributed by atoms with E-state index in [0.29, 0.717) is 13.2 Å². The van der Waals surface area contributed by atoms with Crippen LogP contribution in [0.5, 0.6) is 0 Å². The van der Waals surface area contributed by atoms with Gasteiger partial charge in [0.1, 0.15) is 5.58 Å². The standard InChI is InChI=1S/C14H16O3/c1-3-10-5-4-6-11-9-12(17-13(10)11)14(2)15-7-8-16-14/h4-6,9H,3,7-8H2,1-2H3. The van der Waals surface area contributed by atoms with Crippen molar-refractivity contribution in [2.45, 2.75) is 26.1 Å². The van der Waals surface area contributed by atoms with Crippen LogP contribution in [0.15, 0.2) is 28.7 Å². The Morgan fingerprint density at radius 2 is 2.00 bits per heavy atom. The molecule has 1 saturated heterocycles. The van der Waals surface area contributed by atoms with Gasteiger partial charge >= 0.3 is 0 Å². The molecule has 0 bridgehead atoms. The predicted octanol–water partition coefficient (Wildman–Crippen LogP) is 3.21. The van der Waals surface area contributed by atoms with Gasteiger partial charge in [-0.2, -0.15) is 0 Å². The Bertz CT molecular complexity index is 535. The molecule has 2 heterocycles. The number of aryl methyl sites for hydroxylation is 1. The van der Waals surface area contributed by atoms with Gasteiger partial charge in [-0.3, -0.25) is 0 Å². The third-order valence-electron chi connectivity index (χ3n) is 3.29. The molecule has 17 heavy (non-hydrogen) atoms. The summed E-state index contributed by atoms with van der Waals surface area (Å²) in [6, 6.07) is 8.22. The van der Waals surface area contributed by atoms with Crippen molar-refractivity contribution in [1.82, 2.24) is 0 Å². The van der Waals surface area contributed by atoms with Crippen molar-refractivity contribution in [3.8, 4) is 0 Å². The monoisotopic (exact) mass is 232 g/mol. The molecule has 1 aromatic heterocycles. The summed E-state index contributed by atoms with van der Waals surface area (Å²) in [6.45, 7) is 5.27. The molecule has 1 aromatic carbocycles. The van der Waals surface area contributed by atoms with Gasteiger partial charge in [-0.05, 0) is 25.0 Å². The van der Waals surface area contributed by atoms with Gasteiger partial charge in [-0.15, -0.1) is 0 Å². The number of para-hydroxylation sites is 1. The summed E-state index contributed by atoms with van der Waals surface area (Å²) >= 11 is 0. The van der Waals surface area contributed by atoms with Crippen LogP contribution in [0.4, 0.5) is 0 Å². The molecule has 3 rings (SSSR count). The maximum atomic E-state index is 5.93. The molecule has 0 unspecified atom stereocenters. The van der Waals surface area contributed by atoms with Crippen molar-refractivity contribution in [3.05, 3.63) is 35.6 Å². The van der Waals surface area contributed by atoms with E-state index in [-0.39, 0.29) is 0 Å². The molecule has 2 aromatic rings.